The van der Waals surface area contributed by atoms with Gasteiger partial charge < -0.3 is 19.1 Å². The van der Waals surface area contributed by atoms with Crippen LogP contribution in [0.15, 0.2) is 24.4 Å². The summed E-state index contributed by atoms with van der Waals surface area (Å²) in [5, 5.41) is 7.95. The van der Waals surface area contributed by atoms with Crippen LogP contribution in [-0.2, 0) is 4.74 Å². The number of esters is 1. The Kier molecular flexibility index (Phi) is 5.68. The predicted molar refractivity (Wildman–Crippen MR) is 95.0 cm³/mol. The molecule has 1 aliphatic rings. The van der Waals surface area contributed by atoms with Gasteiger partial charge in [0.25, 0.3) is 0 Å². The highest BCUT2D eigenvalue weighted by Gasteiger charge is 2.32. The molecule has 0 aromatic carbocycles. The first-order chi connectivity index (χ1) is 13.0. The molecule has 0 bridgehead atoms. The lowest BCUT2D eigenvalue weighted by molar-refractivity contribution is 0.0592. The Morgan fingerprint density at radius 3 is 2.70 bits per heavy atom. The number of carbonyl (C=O) groups is 1. The van der Waals surface area contributed by atoms with Gasteiger partial charge in [-0.05, 0) is 24.6 Å². The largest absolute Gasteiger partial charge is 0.486 e. The van der Waals surface area contributed by atoms with Crippen LogP contribution in [0, 0.1) is 6.92 Å². The number of aryl methyl sites for hydroxylation is 1. The lowest BCUT2D eigenvalue weighted by atomic mass is 10.1. The lowest BCUT2D eigenvalue weighted by Gasteiger charge is -2.35. The minimum Gasteiger partial charge on any atom is -0.486 e. The standard InChI is InChI=1S/C18H21FN4O4/c1-11-8-14(18(24)26-3)21-22-17(11)23-7-6-15(13(19)10-23)27-12-4-5-16(25-2)20-9-12/h4-5,8-9,13,15H,6-7,10H2,1-3H3/t13-,15+/m1/s1. The summed E-state index contributed by atoms with van der Waals surface area (Å²) in [6, 6.07) is 4.96. The van der Waals surface area contributed by atoms with Crippen LogP contribution >= 0.6 is 0 Å². The van der Waals surface area contributed by atoms with E-state index in [1.807, 2.05) is 0 Å². The summed E-state index contributed by atoms with van der Waals surface area (Å²) in [5.74, 6) is 0.962. The number of hydrogen-bond acceptors (Lipinski definition) is 8. The van der Waals surface area contributed by atoms with Crippen molar-refractivity contribution in [2.45, 2.75) is 25.6 Å². The first kappa shape index (κ1) is 18.8. The number of ether oxygens (including phenoxy) is 3. The minimum absolute atomic E-state index is 0.126. The normalized spacial score (nSPS) is 19.5. The van der Waals surface area contributed by atoms with Crippen molar-refractivity contribution in [2.75, 3.05) is 32.2 Å². The van der Waals surface area contributed by atoms with Crippen molar-refractivity contribution < 1.29 is 23.4 Å². The number of nitrogens with zero attached hydrogens (tertiary/aromatic N) is 4. The Morgan fingerprint density at radius 2 is 2.11 bits per heavy atom. The summed E-state index contributed by atoms with van der Waals surface area (Å²) >= 11 is 0. The number of rotatable bonds is 5. The van der Waals surface area contributed by atoms with Crippen LogP contribution in [0.3, 0.4) is 0 Å². The van der Waals surface area contributed by atoms with Gasteiger partial charge >= 0.3 is 5.97 Å². The highest BCUT2D eigenvalue weighted by atomic mass is 19.1. The number of aromatic nitrogens is 3. The molecule has 2 atom stereocenters. The molecule has 2 aromatic rings. The van der Waals surface area contributed by atoms with E-state index in [1.54, 1.807) is 30.0 Å². The highest BCUT2D eigenvalue weighted by Crippen LogP contribution is 2.26. The number of carbonyl (C=O) groups excluding carboxylic acids is 1. The van der Waals surface area contributed by atoms with Crippen molar-refractivity contribution in [1.29, 1.82) is 0 Å². The summed E-state index contributed by atoms with van der Waals surface area (Å²) in [6.45, 7) is 2.48. The van der Waals surface area contributed by atoms with Gasteiger partial charge in [0.05, 0.1) is 27.0 Å². The van der Waals surface area contributed by atoms with E-state index in [9.17, 15) is 9.18 Å². The van der Waals surface area contributed by atoms with Crippen LogP contribution in [0.4, 0.5) is 10.2 Å². The first-order valence-corrected chi connectivity index (χ1v) is 8.50. The van der Waals surface area contributed by atoms with E-state index in [2.05, 4.69) is 19.9 Å². The molecule has 0 unspecified atom stereocenters. The molecular formula is C18H21FN4O4. The summed E-state index contributed by atoms with van der Waals surface area (Å²) < 4.78 is 30.0. The third kappa shape index (κ3) is 4.24. The molecule has 8 nitrogen and oxygen atoms in total. The Labute approximate surface area is 156 Å². The van der Waals surface area contributed by atoms with Gasteiger partial charge in [-0.3, -0.25) is 0 Å². The Hall–Kier alpha value is -2.97. The molecule has 27 heavy (non-hydrogen) atoms. The zero-order valence-corrected chi connectivity index (χ0v) is 15.4. The number of alkyl halides is 1. The summed E-state index contributed by atoms with van der Waals surface area (Å²) in [4.78, 5) is 17.4. The van der Waals surface area contributed by atoms with Crippen LogP contribution in [0.1, 0.15) is 22.5 Å². The van der Waals surface area contributed by atoms with Gasteiger partial charge in [-0.2, -0.15) is 0 Å². The number of halogens is 1. The molecule has 0 aliphatic carbocycles. The van der Waals surface area contributed by atoms with E-state index >= 15 is 0 Å². The van der Waals surface area contributed by atoms with Crippen LogP contribution in [0.5, 0.6) is 11.6 Å². The minimum atomic E-state index is -1.21. The molecule has 1 aliphatic heterocycles. The molecule has 2 aromatic heterocycles. The SMILES string of the molecule is COC(=O)c1cc(C)c(N2CC[C@H](Oc3ccc(OC)nc3)[C@H](F)C2)nn1. The third-order valence-electron chi connectivity index (χ3n) is 4.34. The summed E-state index contributed by atoms with van der Waals surface area (Å²) in [7, 11) is 2.81. The Morgan fingerprint density at radius 1 is 1.30 bits per heavy atom. The molecule has 1 fully saturated rings. The van der Waals surface area contributed by atoms with Crippen LogP contribution < -0.4 is 14.4 Å². The lowest BCUT2D eigenvalue weighted by Crippen LogP contribution is -2.47. The second-order valence-corrected chi connectivity index (χ2v) is 6.17. The molecule has 3 heterocycles. The molecule has 0 saturated carbocycles. The summed E-state index contributed by atoms with van der Waals surface area (Å²) in [6.07, 6.45) is 0.216. The maximum absolute atomic E-state index is 14.7. The molecule has 0 radical (unpaired) electrons. The molecule has 3 rings (SSSR count). The van der Waals surface area contributed by atoms with Crippen molar-refractivity contribution in [3.8, 4) is 11.6 Å². The fourth-order valence-corrected chi connectivity index (χ4v) is 2.94. The molecule has 9 heteroatoms. The molecule has 0 spiro atoms. The van der Waals surface area contributed by atoms with Crippen LogP contribution in [-0.4, -0.2) is 60.7 Å². The quantitative estimate of drug-likeness (QED) is 0.732. The summed E-state index contributed by atoms with van der Waals surface area (Å²) in [5.41, 5.74) is 0.858. The van der Waals surface area contributed by atoms with Crippen molar-refractivity contribution in [2.24, 2.45) is 0 Å². The smallest absolute Gasteiger partial charge is 0.358 e. The Balaban J connectivity index is 1.65. The third-order valence-corrected chi connectivity index (χ3v) is 4.34. The molecule has 0 N–H and O–H groups in total. The van der Waals surface area contributed by atoms with E-state index in [4.69, 9.17) is 9.47 Å². The number of anilines is 1. The molecule has 144 valence electrons. The topological polar surface area (TPSA) is 86.7 Å². The van der Waals surface area contributed by atoms with E-state index in [-0.39, 0.29) is 12.2 Å². The fraction of sp³-hybridized carbons (Fsp3) is 0.444. The van der Waals surface area contributed by atoms with Crippen molar-refractivity contribution in [3.05, 3.63) is 35.7 Å². The number of piperidine rings is 1. The van der Waals surface area contributed by atoms with Crippen LogP contribution in [0.2, 0.25) is 0 Å². The van der Waals surface area contributed by atoms with Gasteiger partial charge in [-0.15, -0.1) is 10.2 Å². The zero-order valence-electron chi connectivity index (χ0n) is 15.4. The van der Waals surface area contributed by atoms with Gasteiger partial charge in [0.1, 0.15) is 11.9 Å². The van der Waals surface area contributed by atoms with Gasteiger partial charge in [-0.25, -0.2) is 14.2 Å². The average molecular weight is 376 g/mol. The maximum Gasteiger partial charge on any atom is 0.358 e. The molecular weight excluding hydrogens is 355 g/mol. The number of hydrogen-bond donors (Lipinski definition) is 0. The average Bonchev–Trinajstić information content (AvgIpc) is 2.69. The molecule has 1 saturated heterocycles. The maximum atomic E-state index is 14.7. The predicted octanol–water partition coefficient (Wildman–Crippen LogP) is 1.97. The zero-order chi connectivity index (χ0) is 19.4. The van der Waals surface area contributed by atoms with E-state index in [1.165, 1.54) is 20.4 Å². The van der Waals surface area contributed by atoms with E-state index < -0.39 is 18.2 Å². The van der Waals surface area contributed by atoms with E-state index in [0.29, 0.717) is 30.4 Å². The van der Waals surface area contributed by atoms with Gasteiger partial charge in [0.2, 0.25) is 5.88 Å². The second kappa shape index (κ2) is 8.15. The van der Waals surface area contributed by atoms with Crippen molar-refractivity contribution in [1.82, 2.24) is 15.2 Å². The van der Waals surface area contributed by atoms with Crippen molar-refractivity contribution in [3.63, 3.8) is 0 Å². The highest BCUT2D eigenvalue weighted by molar-refractivity contribution is 5.87. The fourth-order valence-electron chi connectivity index (χ4n) is 2.94. The first-order valence-electron chi connectivity index (χ1n) is 8.50. The second-order valence-electron chi connectivity index (χ2n) is 6.17. The van der Waals surface area contributed by atoms with Crippen molar-refractivity contribution >= 4 is 11.8 Å². The number of methoxy groups -OCH3 is 2. The van der Waals surface area contributed by atoms with Gasteiger partial charge in [0, 0.05) is 19.0 Å². The number of pyridine rings is 1. The monoisotopic (exact) mass is 376 g/mol. The van der Waals surface area contributed by atoms with E-state index in [0.717, 1.165) is 5.56 Å². The Bertz CT molecular complexity index is 802. The van der Waals surface area contributed by atoms with Gasteiger partial charge in [0.15, 0.2) is 17.7 Å². The van der Waals surface area contributed by atoms with Crippen LogP contribution in [0.25, 0.3) is 0 Å². The molecule has 0 amide bonds. The van der Waals surface area contributed by atoms with Gasteiger partial charge in [-0.1, -0.05) is 0 Å².